The number of carbonyl (C=O) groups is 2. The fraction of sp³-hybridized carbons (Fsp3) is 0. The van der Waals surface area contributed by atoms with Gasteiger partial charge in [0.2, 0.25) is 5.75 Å². The monoisotopic (exact) mass is 434 g/mol. The van der Waals surface area contributed by atoms with Crippen molar-refractivity contribution in [2.75, 3.05) is 10.6 Å². The minimum absolute atomic E-state index is 0.0906. The Hall–Kier alpha value is -3.56. The summed E-state index contributed by atoms with van der Waals surface area (Å²) >= 11 is 11.9. The van der Waals surface area contributed by atoms with Crippen molar-refractivity contribution >= 4 is 46.6 Å². The van der Waals surface area contributed by atoms with Crippen molar-refractivity contribution in [1.82, 2.24) is 9.97 Å². The second-order valence-electron chi connectivity index (χ2n) is 5.68. The molecule has 0 unspecified atom stereocenters. The molecule has 0 aliphatic heterocycles. The average Bonchev–Trinajstić information content (AvgIpc) is 2.67. The molecular formula is C18H12Cl2N4O5. The highest BCUT2D eigenvalue weighted by Crippen LogP contribution is 2.29. The summed E-state index contributed by atoms with van der Waals surface area (Å²) < 4.78 is 0. The smallest absolute Gasteiger partial charge is 0.358 e. The van der Waals surface area contributed by atoms with Gasteiger partial charge in [-0.25, -0.2) is 14.6 Å². The van der Waals surface area contributed by atoms with Gasteiger partial charge in [0.1, 0.15) is 5.82 Å². The number of aromatic nitrogens is 2. The van der Waals surface area contributed by atoms with E-state index in [4.69, 9.17) is 28.3 Å². The van der Waals surface area contributed by atoms with Crippen LogP contribution in [0.1, 0.15) is 10.5 Å². The summed E-state index contributed by atoms with van der Waals surface area (Å²) in [5.74, 6) is -2.64. The van der Waals surface area contributed by atoms with Crippen molar-refractivity contribution in [3.05, 3.63) is 68.6 Å². The average molecular weight is 435 g/mol. The number of halogens is 2. The van der Waals surface area contributed by atoms with Crippen molar-refractivity contribution in [2.45, 2.75) is 0 Å². The van der Waals surface area contributed by atoms with E-state index < -0.39 is 29.0 Å². The van der Waals surface area contributed by atoms with Gasteiger partial charge >= 0.3 is 12.0 Å². The number of carboxylic acid groups (broad SMARTS) is 1. The molecule has 2 amide bonds. The highest BCUT2D eigenvalue weighted by Gasteiger charge is 2.17. The van der Waals surface area contributed by atoms with Crippen LogP contribution in [0.5, 0.6) is 5.75 Å². The zero-order chi connectivity index (χ0) is 21.1. The lowest BCUT2D eigenvalue weighted by Gasteiger charge is -2.11. The number of hydrogen-bond donors (Lipinski definition) is 5. The molecule has 0 saturated heterocycles. The van der Waals surface area contributed by atoms with Gasteiger partial charge in [-0.15, -0.1) is 0 Å². The van der Waals surface area contributed by atoms with Crippen LogP contribution in [-0.2, 0) is 0 Å². The van der Waals surface area contributed by atoms with Crippen molar-refractivity contribution < 1.29 is 19.8 Å². The topological polar surface area (TPSA) is 144 Å². The lowest BCUT2D eigenvalue weighted by molar-refractivity contribution is 0.0686. The first-order valence-electron chi connectivity index (χ1n) is 7.95. The van der Waals surface area contributed by atoms with E-state index in [-0.39, 0.29) is 15.9 Å². The zero-order valence-electron chi connectivity index (χ0n) is 14.4. The van der Waals surface area contributed by atoms with Crippen LogP contribution in [0.4, 0.5) is 16.2 Å². The largest absolute Gasteiger partial charge is 0.501 e. The lowest BCUT2D eigenvalue weighted by Crippen LogP contribution is -2.19. The van der Waals surface area contributed by atoms with Crippen LogP contribution in [0, 0.1) is 0 Å². The third-order valence-electron chi connectivity index (χ3n) is 3.69. The van der Waals surface area contributed by atoms with Crippen molar-refractivity contribution in [2.24, 2.45) is 0 Å². The number of aromatic hydroxyl groups is 1. The molecule has 0 bridgehead atoms. The van der Waals surface area contributed by atoms with Gasteiger partial charge in [-0.05, 0) is 24.3 Å². The molecule has 0 spiro atoms. The molecular weight excluding hydrogens is 423 g/mol. The molecule has 1 heterocycles. The molecule has 2 aromatic carbocycles. The number of carboxylic acids is 1. The molecule has 9 nitrogen and oxygen atoms in total. The first kappa shape index (κ1) is 20.2. The molecule has 0 fully saturated rings. The molecule has 3 rings (SSSR count). The summed E-state index contributed by atoms with van der Waals surface area (Å²) in [5.41, 5.74) is -0.841. The second-order valence-corrected chi connectivity index (χ2v) is 6.46. The van der Waals surface area contributed by atoms with Gasteiger partial charge in [-0.3, -0.25) is 4.79 Å². The summed E-state index contributed by atoms with van der Waals surface area (Å²) in [4.78, 5) is 41.1. The normalized spacial score (nSPS) is 10.4. The second kappa shape index (κ2) is 8.21. The first-order chi connectivity index (χ1) is 13.8. The van der Waals surface area contributed by atoms with Gasteiger partial charge in [0.25, 0.3) is 5.56 Å². The molecule has 29 heavy (non-hydrogen) atoms. The zero-order valence-corrected chi connectivity index (χ0v) is 15.9. The third-order valence-corrected chi connectivity index (χ3v) is 4.51. The number of hydrogen-bond acceptors (Lipinski definition) is 5. The van der Waals surface area contributed by atoms with E-state index in [0.717, 1.165) is 0 Å². The number of carbonyl (C=O) groups excluding carboxylic acids is 1. The van der Waals surface area contributed by atoms with Crippen LogP contribution in [0.15, 0.2) is 47.3 Å². The molecule has 11 heteroatoms. The number of rotatable bonds is 4. The minimum Gasteiger partial charge on any atom is -0.501 e. The van der Waals surface area contributed by atoms with Crippen molar-refractivity contribution in [3.63, 3.8) is 0 Å². The molecule has 1 aromatic heterocycles. The minimum atomic E-state index is -1.55. The molecule has 3 aromatic rings. The number of anilines is 2. The number of H-pyrrole nitrogens is 1. The fourth-order valence-electron chi connectivity index (χ4n) is 2.38. The van der Waals surface area contributed by atoms with E-state index in [0.29, 0.717) is 16.9 Å². The summed E-state index contributed by atoms with van der Waals surface area (Å²) in [5, 5.41) is 24.2. The van der Waals surface area contributed by atoms with Gasteiger partial charge in [0.15, 0.2) is 5.69 Å². The van der Waals surface area contributed by atoms with E-state index in [9.17, 15) is 19.5 Å². The van der Waals surface area contributed by atoms with Gasteiger partial charge in [-0.2, -0.15) is 0 Å². The lowest BCUT2D eigenvalue weighted by atomic mass is 10.2. The number of aromatic amines is 1. The molecule has 148 valence electrons. The van der Waals surface area contributed by atoms with Crippen LogP contribution in [0.2, 0.25) is 10.0 Å². The Morgan fingerprint density at radius 3 is 2.52 bits per heavy atom. The molecule has 0 saturated carbocycles. The number of benzene rings is 2. The maximum Gasteiger partial charge on any atom is 0.358 e. The highest BCUT2D eigenvalue weighted by molar-refractivity contribution is 6.44. The predicted octanol–water partition coefficient (Wildman–Crippen LogP) is 3.79. The van der Waals surface area contributed by atoms with Crippen LogP contribution in [0.25, 0.3) is 11.4 Å². The number of nitrogens with zero attached hydrogens (tertiary/aromatic N) is 1. The molecule has 0 aliphatic rings. The molecule has 5 N–H and O–H groups in total. The predicted molar refractivity (Wildman–Crippen MR) is 108 cm³/mol. The summed E-state index contributed by atoms with van der Waals surface area (Å²) in [6, 6.07) is 10.3. The van der Waals surface area contributed by atoms with Crippen LogP contribution < -0.4 is 16.2 Å². The highest BCUT2D eigenvalue weighted by atomic mass is 35.5. The van der Waals surface area contributed by atoms with E-state index in [2.05, 4.69) is 20.6 Å². The van der Waals surface area contributed by atoms with Gasteiger partial charge in [0.05, 0.1) is 15.7 Å². The Morgan fingerprint density at radius 1 is 1.07 bits per heavy atom. The van der Waals surface area contributed by atoms with Gasteiger partial charge < -0.3 is 25.8 Å². The van der Waals surface area contributed by atoms with E-state index in [1.165, 1.54) is 12.1 Å². The van der Waals surface area contributed by atoms with Crippen LogP contribution in [-0.4, -0.2) is 32.2 Å². The van der Waals surface area contributed by atoms with Gasteiger partial charge in [0, 0.05) is 11.3 Å². The van der Waals surface area contributed by atoms with E-state index in [1.807, 2.05) is 0 Å². The Balaban J connectivity index is 1.85. The van der Waals surface area contributed by atoms with E-state index >= 15 is 0 Å². The van der Waals surface area contributed by atoms with Gasteiger partial charge in [-0.1, -0.05) is 41.4 Å². The van der Waals surface area contributed by atoms with Crippen molar-refractivity contribution in [3.8, 4) is 17.1 Å². The van der Waals surface area contributed by atoms with E-state index in [1.54, 1.807) is 30.3 Å². The maximum absolute atomic E-state index is 12.2. The number of urea groups is 1. The third kappa shape index (κ3) is 4.48. The Morgan fingerprint density at radius 2 is 1.79 bits per heavy atom. The summed E-state index contributed by atoms with van der Waals surface area (Å²) in [7, 11) is 0. The standard InChI is InChI=1S/C18H12Cl2N4O5/c19-10-5-2-6-11(12(10)20)22-18(29)21-9-4-1-3-8(7-9)15-23-13(17(27)28)14(25)16(26)24-15/h1-7,25H,(H,27,28)(H2,21,22,29)(H,23,24,26). The molecule has 0 radical (unpaired) electrons. The molecule has 0 atom stereocenters. The Bertz CT molecular complexity index is 1180. The number of amides is 2. The molecule has 0 aliphatic carbocycles. The number of nitrogens with one attached hydrogen (secondary N) is 3. The summed E-state index contributed by atoms with van der Waals surface area (Å²) in [6.45, 7) is 0. The quantitative estimate of drug-likeness (QED) is 0.422. The summed E-state index contributed by atoms with van der Waals surface area (Å²) in [6.07, 6.45) is 0. The fourth-order valence-corrected chi connectivity index (χ4v) is 2.73. The first-order valence-corrected chi connectivity index (χ1v) is 8.71. The number of aromatic carboxylic acids is 1. The van der Waals surface area contributed by atoms with Crippen molar-refractivity contribution in [1.29, 1.82) is 0 Å². The Kier molecular flexibility index (Phi) is 5.71. The van der Waals surface area contributed by atoms with Crippen LogP contribution >= 0.6 is 23.2 Å². The van der Waals surface area contributed by atoms with Crippen LogP contribution in [0.3, 0.4) is 0 Å². The maximum atomic E-state index is 12.2. The SMILES string of the molecule is O=C(Nc1cccc(-c2nc(C(=O)O)c(O)c(=O)[nH]2)c1)Nc1cccc(Cl)c1Cl. The Labute approximate surface area is 172 Å².